The Hall–Kier alpha value is -1.71. The molecule has 4 rings (SSSR count). The van der Waals surface area contributed by atoms with Gasteiger partial charge >= 0.3 is 0 Å². The number of halogens is 2. The molecule has 2 aliphatic rings. The average molecular weight is 375 g/mol. The first kappa shape index (κ1) is 16.7. The minimum atomic E-state index is 0.156. The number of piperazine rings is 1. The van der Waals surface area contributed by atoms with Gasteiger partial charge in [-0.2, -0.15) is 0 Å². The second kappa shape index (κ2) is 6.89. The van der Waals surface area contributed by atoms with Crippen molar-refractivity contribution in [2.24, 2.45) is 5.92 Å². The van der Waals surface area contributed by atoms with E-state index in [-0.39, 0.29) is 5.92 Å². The lowest BCUT2D eigenvalue weighted by Gasteiger charge is -2.36. The Labute approximate surface area is 158 Å². The fraction of sp³-hybridized carbons (Fsp3) is 0.350. The molecule has 0 N–H and O–H groups in total. The molecule has 1 aliphatic heterocycles. The highest BCUT2D eigenvalue weighted by Gasteiger charge is 2.46. The predicted octanol–water partition coefficient (Wildman–Crippen LogP) is 4.45. The van der Waals surface area contributed by atoms with Gasteiger partial charge in [-0.25, -0.2) is 0 Å². The van der Waals surface area contributed by atoms with Gasteiger partial charge in [0.1, 0.15) is 0 Å². The van der Waals surface area contributed by atoms with Crippen LogP contribution in [-0.2, 0) is 4.79 Å². The quantitative estimate of drug-likeness (QED) is 0.792. The first-order chi connectivity index (χ1) is 12.1. The predicted molar refractivity (Wildman–Crippen MR) is 103 cm³/mol. The summed E-state index contributed by atoms with van der Waals surface area (Å²) < 4.78 is 0. The molecule has 0 aromatic heterocycles. The number of hydrogen-bond donors (Lipinski definition) is 0. The summed E-state index contributed by atoms with van der Waals surface area (Å²) in [4.78, 5) is 17.0. The summed E-state index contributed by atoms with van der Waals surface area (Å²) in [6.45, 7) is 3.04. The lowest BCUT2D eigenvalue weighted by molar-refractivity contribution is -0.132. The van der Waals surface area contributed by atoms with Gasteiger partial charge < -0.3 is 9.80 Å². The fourth-order valence-corrected chi connectivity index (χ4v) is 4.09. The zero-order chi connectivity index (χ0) is 17.4. The highest BCUT2D eigenvalue weighted by molar-refractivity contribution is 6.43. The molecule has 130 valence electrons. The van der Waals surface area contributed by atoms with Gasteiger partial charge in [0.2, 0.25) is 5.91 Å². The highest BCUT2D eigenvalue weighted by Crippen LogP contribution is 2.48. The van der Waals surface area contributed by atoms with Crippen molar-refractivity contribution in [3.8, 4) is 0 Å². The third-order valence-corrected chi connectivity index (χ3v) is 6.01. The van der Waals surface area contributed by atoms with E-state index < -0.39 is 0 Å². The van der Waals surface area contributed by atoms with Crippen LogP contribution in [0.15, 0.2) is 48.5 Å². The van der Waals surface area contributed by atoms with E-state index in [1.54, 1.807) is 6.07 Å². The smallest absolute Gasteiger partial charge is 0.226 e. The number of nitrogens with zero attached hydrogens (tertiary/aromatic N) is 2. The Morgan fingerprint density at radius 2 is 1.64 bits per heavy atom. The van der Waals surface area contributed by atoms with E-state index in [4.69, 9.17) is 23.2 Å². The maximum Gasteiger partial charge on any atom is 0.226 e. The fourth-order valence-electron chi connectivity index (χ4n) is 3.68. The summed E-state index contributed by atoms with van der Waals surface area (Å²) >= 11 is 12.4. The maximum absolute atomic E-state index is 12.8. The number of rotatable bonds is 3. The third kappa shape index (κ3) is 3.36. The number of benzene rings is 2. The lowest BCUT2D eigenvalue weighted by Crippen LogP contribution is -2.49. The van der Waals surface area contributed by atoms with Gasteiger partial charge in [-0.1, -0.05) is 59.6 Å². The number of amides is 1. The number of hydrogen-bond acceptors (Lipinski definition) is 2. The number of carbonyl (C=O) groups is 1. The van der Waals surface area contributed by atoms with Crippen LogP contribution in [0.2, 0.25) is 10.0 Å². The minimum Gasteiger partial charge on any atom is -0.367 e. The molecular formula is C20H20Cl2N2O. The molecular weight excluding hydrogens is 355 g/mol. The van der Waals surface area contributed by atoms with Crippen molar-refractivity contribution >= 4 is 34.8 Å². The van der Waals surface area contributed by atoms with Crippen molar-refractivity contribution in [2.45, 2.75) is 12.3 Å². The summed E-state index contributed by atoms with van der Waals surface area (Å²) in [5.74, 6) is 0.850. The molecule has 2 aromatic carbocycles. The Bertz CT molecular complexity index is 773. The molecule has 0 unspecified atom stereocenters. The number of carbonyl (C=O) groups excluding carboxylic acids is 1. The van der Waals surface area contributed by atoms with Gasteiger partial charge in [-0.3, -0.25) is 4.79 Å². The van der Waals surface area contributed by atoms with E-state index in [1.165, 1.54) is 5.56 Å². The van der Waals surface area contributed by atoms with Crippen LogP contribution in [0.5, 0.6) is 0 Å². The zero-order valence-electron chi connectivity index (χ0n) is 13.9. The standard InChI is InChI=1S/C20H20Cl2N2O/c21-17-7-4-8-18(19(17)22)23-9-11-24(12-10-23)20(25)16-13-15(16)14-5-2-1-3-6-14/h1-8,15-16H,9-13H2/t15-,16+/m1/s1. The molecule has 1 saturated carbocycles. The molecule has 1 heterocycles. The minimum absolute atomic E-state index is 0.156. The van der Waals surface area contributed by atoms with Crippen LogP contribution >= 0.6 is 23.2 Å². The summed E-state index contributed by atoms with van der Waals surface area (Å²) in [6.07, 6.45) is 0.975. The largest absolute Gasteiger partial charge is 0.367 e. The van der Waals surface area contributed by atoms with Gasteiger partial charge in [0, 0.05) is 32.1 Å². The van der Waals surface area contributed by atoms with Crippen molar-refractivity contribution in [3.63, 3.8) is 0 Å². The molecule has 0 bridgehead atoms. The normalized spacial score (nSPS) is 22.8. The van der Waals surface area contributed by atoms with E-state index in [1.807, 2.05) is 35.2 Å². The third-order valence-electron chi connectivity index (χ3n) is 5.20. The summed E-state index contributed by atoms with van der Waals surface area (Å²) in [5, 5.41) is 1.16. The Kier molecular flexibility index (Phi) is 4.61. The van der Waals surface area contributed by atoms with Gasteiger partial charge in [-0.05, 0) is 30.0 Å². The van der Waals surface area contributed by atoms with Gasteiger partial charge in [-0.15, -0.1) is 0 Å². The van der Waals surface area contributed by atoms with Crippen LogP contribution < -0.4 is 4.90 Å². The van der Waals surface area contributed by atoms with Crippen LogP contribution in [-0.4, -0.2) is 37.0 Å². The van der Waals surface area contributed by atoms with E-state index in [2.05, 4.69) is 17.0 Å². The summed E-state index contributed by atoms with van der Waals surface area (Å²) in [6, 6.07) is 16.0. The number of anilines is 1. The van der Waals surface area contributed by atoms with E-state index in [9.17, 15) is 4.79 Å². The molecule has 0 spiro atoms. The van der Waals surface area contributed by atoms with Crippen LogP contribution in [0.25, 0.3) is 0 Å². The second-order valence-electron chi connectivity index (χ2n) is 6.74. The van der Waals surface area contributed by atoms with Crippen LogP contribution in [0, 0.1) is 5.92 Å². The van der Waals surface area contributed by atoms with Crippen molar-refractivity contribution < 1.29 is 4.79 Å². The first-order valence-corrected chi connectivity index (χ1v) is 9.43. The van der Waals surface area contributed by atoms with Crippen molar-refractivity contribution in [1.82, 2.24) is 4.90 Å². The molecule has 25 heavy (non-hydrogen) atoms. The molecule has 0 radical (unpaired) electrons. The monoisotopic (exact) mass is 374 g/mol. The van der Waals surface area contributed by atoms with Gasteiger partial charge in [0.15, 0.2) is 0 Å². The van der Waals surface area contributed by atoms with Crippen molar-refractivity contribution in [3.05, 3.63) is 64.1 Å². The Morgan fingerprint density at radius 1 is 0.920 bits per heavy atom. The molecule has 3 nitrogen and oxygen atoms in total. The molecule has 2 atom stereocenters. The van der Waals surface area contributed by atoms with Crippen molar-refractivity contribution in [1.29, 1.82) is 0 Å². The summed E-state index contributed by atoms with van der Waals surface area (Å²) in [5.41, 5.74) is 2.24. The molecule has 1 aliphatic carbocycles. The van der Waals surface area contributed by atoms with Crippen LogP contribution in [0.3, 0.4) is 0 Å². The molecule has 1 amide bonds. The second-order valence-corrected chi connectivity index (χ2v) is 7.53. The van der Waals surface area contributed by atoms with E-state index in [0.717, 1.165) is 38.3 Å². The molecule has 2 fully saturated rings. The highest BCUT2D eigenvalue weighted by atomic mass is 35.5. The van der Waals surface area contributed by atoms with Crippen LogP contribution in [0.4, 0.5) is 5.69 Å². The van der Waals surface area contributed by atoms with Gasteiger partial charge in [0.25, 0.3) is 0 Å². The summed E-state index contributed by atoms with van der Waals surface area (Å²) in [7, 11) is 0. The van der Waals surface area contributed by atoms with E-state index in [0.29, 0.717) is 21.9 Å². The van der Waals surface area contributed by atoms with Crippen LogP contribution in [0.1, 0.15) is 17.9 Å². The maximum atomic E-state index is 12.8. The topological polar surface area (TPSA) is 23.6 Å². The SMILES string of the molecule is O=C([C@H]1C[C@@H]1c1ccccc1)N1CCN(c2cccc(Cl)c2Cl)CC1. The Balaban J connectivity index is 1.36. The first-order valence-electron chi connectivity index (χ1n) is 8.68. The molecule has 5 heteroatoms. The van der Waals surface area contributed by atoms with Crippen molar-refractivity contribution in [2.75, 3.05) is 31.1 Å². The average Bonchev–Trinajstić information content (AvgIpc) is 3.45. The Morgan fingerprint density at radius 3 is 2.36 bits per heavy atom. The lowest BCUT2D eigenvalue weighted by atomic mass is 10.1. The molecule has 1 saturated heterocycles. The van der Waals surface area contributed by atoms with E-state index >= 15 is 0 Å². The van der Waals surface area contributed by atoms with Gasteiger partial charge in [0.05, 0.1) is 15.7 Å². The zero-order valence-corrected chi connectivity index (χ0v) is 15.4. The molecule has 2 aromatic rings.